The summed E-state index contributed by atoms with van der Waals surface area (Å²) in [4.78, 5) is 27.9. The lowest BCUT2D eigenvalue weighted by atomic mass is 10.1. The minimum absolute atomic E-state index is 0.0156. The van der Waals surface area contributed by atoms with E-state index in [2.05, 4.69) is 5.32 Å². The zero-order valence-corrected chi connectivity index (χ0v) is 22.7. The highest BCUT2D eigenvalue weighted by molar-refractivity contribution is 6.35. The molecular formula is C27H36Cl2N2O4. The number of ether oxygens (including phenoxy) is 2. The monoisotopic (exact) mass is 522 g/mol. The fourth-order valence-corrected chi connectivity index (χ4v) is 4.00. The average Bonchev–Trinajstić information content (AvgIpc) is 2.83. The van der Waals surface area contributed by atoms with E-state index in [-0.39, 0.29) is 30.8 Å². The molecule has 0 aliphatic heterocycles. The first kappa shape index (κ1) is 28.8. The number of halogens is 2. The molecule has 0 unspecified atom stereocenters. The van der Waals surface area contributed by atoms with Crippen LogP contribution in [0.15, 0.2) is 36.4 Å². The van der Waals surface area contributed by atoms with Crippen LogP contribution in [-0.2, 0) is 22.6 Å². The number of rotatable bonds is 13. The third-order valence-electron chi connectivity index (χ3n) is 5.76. The fourth-order valence-electron chi connectivity index (χ4n) is 3.53. The van der Waals surface area contributed by atoms with Crippen molar-refractivity contribution in [2.45, 2.75) is 72.5 Å². The van der Waals surface area contributed by atoms with Gasteiger partial charge in [0.2, 0.25) is 11.8 Å². The van der Waals surface area contributed by atoms with E-state index in [0.717, 1.165) is 17.5 Å². The molecule has 0 saturated carbocycles. The molecule has 35 heavy (non-hydrogen) atoms. The molecule has 8 heteroatoms. The molecule has 0 spiro atoms. The summed E-state index contributed by atoms with van der Waals surface area (Å²) in [5.74, 6) is 0.997. The topological polar surface area (TPSA) is 67.9 Å². The number of nitrogens with zero attached hydrogens (tertiary/aromatic N) is 1. The van der Waals surface area contributed by atoms with E-state index in [1.807, 2.05) is 45.9 Å². The van der Waals surface area contributed by atoms with Crippen LogP contribution in [0.3, 0.4) is 0 Å². The van der Waals surface area contributed by atoms with Crippen molar-refractivity contribution >= 4 is 35.0 Å². The Kier molecular flexibility index (Phi) is 11.7. The number of aryl methyl sites for hydroxylation is 1. The summed E-state index contributed by atoms with van der Waals surface area (Å²) in [6, 6.07) is 10.2. The van der Waals surface area contributed by atoms with Crippen molar-refractivity contribution in [3.05, 3.63) is 57.6 Å². The molecule has 0 fully saturated rings. The number of nitrogens with one attached hydrogen (secondary N) is 1. The second kappa shape index (κ2) is 14.2. The van der Waals surface area contributed by atoms with Gasteiger partial charge in [-0.15, -0.1) is 0 Å². The summed E-state index contributed by atoms with van der Waals surface area (Å²) >= 11 is 12.4. The molecule has 0 aliphatic carbocycles. The molecule has 2 aromatic carbocycles. The van der Waals surface area contributed by atoms with Gasteiger partial charge in [-0.25, -0.2) is 0 Å². The summed E-state index contributed by atoms with van der Waals surface area (Å²) in [7, 11) is 0. The molecule has 0 bridgehead atoms. The molecule has 0 saturated heterocycles. The van der Waals surface area contributed by atoms with E-state index in [0.29, 0.717) is 41.2 Å². The van der Waals surface area contributed by atoms with Gasteiger partial charge in [0.1, 0.15) is 6.04 Å². The van der Waals surface area contributed by atoms with Crippen LogP contribution in [0, 0.1) is 0 Å². The Morgan fingerprint density at radius 2 is 1.66 bits per heavy atom. The van der Waals surface area contributed by atoms with Gasteiger partial charge in [0.15, 0.2) is 11.5 Å². The number of benzene rings is 2. The lowest BCUT2D eigenvalue weighted by Crippen LogP contribution is -2.49. The van der Waals surface area contributed by atoms with Crippen molar-refractivity contribution in [2.75, 3.05) is 13.2 Å². The van der Waals surface area contributed by atoms with Crippen molar-refractivity contribution in [3.8, 4) is 11.5 Å². The molecule has 6 nitrogen and oxygen atoms in total. The molecule has 2 rings (SSSR count). The van der Waals surface area contributed by atoms with Crippen molar-refractivity contribution < 1.29 is 19.1 Å². The molecule has 0 aliphatic rings. The van der Waals surface area contributed by atoms with E-state index in [9.17, 15) is 9.59 Å². The summed E-state index contributed by atoms with van der Waals surface area (Å²) in [5, 5.41) is 3.94. The maximum atomic E-state index is 13.4. The van der Waals surface area contributed by atoms with Gasteiger partial charge in [-0.3, -0.25) is 9.59 Å². The quantitative estimate of drug-likeness (QED) is 0.347. The van der Waals surface area contributed by atoms with Crippen LogP contribution in [0.2, 0.25) is 10.0 Å². The molecular weight excluding hydrogens is 487 g/mol. The number of carbonyl (C=O) groups is 2. The van der Waals surface area contributed by atoms with E-state index >= 15 is 0 Å². The smallest absolute Gasteiger partial charge is 0.242 e. The van der Waals surface area contributed by atoms with Crippen LogP contribution in [0.25, 0.3) is 0 Å². The van der Waals surface area contributed by atoms with Gasteiger partial charge < -0.3 is 19.7 Å². The minimum atomic E-state index is -0.664. The molecule has 1 N–H and O–H groups in total. The molecule has 0 radical (unpaired) electrons. The fraction of sp³-hybridized carbons (Fsp3) is 0.481. The van der Waals surface area contributed by atoms with Gasteiger partial charge >= 0.3 is 0 Å². The Hall–Kier alpha value is -2.44. The van der Waals surface area contributed by atoms with Crippen LogP contribution >= 0.6 is 23.2 Å². The summed E-state index contributed by atoms with van der Waals surface area (Å²) < 4.78 is 11.3. The van der Waals surface area contributed by atoms with Gasteiger partial charge in [0.05, 0.1) is 13.2 Å². The van der Waals surface area contributed by atoms with Gasteiger partial charge in [-0.1, -0.05) is 42.3 Å². The predicted octanol–water partition coefficient (Wildman–Crippen LogP) is 6.06. The summed E-state index contributed by atoms with van der Waals surface area (Å²) in [6.07, 6.45) is 1.52. The minimum Gasteiger partial charge on any atom is -0.490 e. The number of hydrogen-bond acceptors (Lipinski definition) is 4. The highest BCUT2D eigenvalue weighted by Gasteiger charge is 2.27. The average molecular weight is 524 g/mol. The highest BCUT2D eigenvalue weighted by atomic mass is 35.5. The van der Waals surface area contributed by atoms with Crippen molar-refractivity contribution in [1.29, 1.82) is 0 Å². The van der Waals surface area contributed by atoms with Crippen molar-refractivity contribution in [2.24, 2.45) is 0 Å². The zero-order chi connectivity index (χ0) is 26.0. The first-order valence-electron chi connectivity index (χ1n) is 12.1. The maximum absolute atomic E-state index is 13.4. The van der Waals surface area contributed by atoms with Crippen LogP contribution in [-0.4, -0.2) is 42.0 Å². The Bertz CT molecular complexity index is 999. The Balaban J connectivity index is 2.22. The SMILES string of the molecule is CCOc1ccc(CCC(=O)N(Cc2ccc(Cl)cc2Cl)[C@H](C)C(=O)N[C@@H](C)CC)cc1OCC. The molecule has 192 valence electrons. The summed E-state index contributed by atoms with van der Waals surface area (Å²) in [6.45, 7) is 10.8. The van der Waals surface area contributed by atoms with Crippen LogP contribution in [0.1, 0.15) is 58.6 Å². The third-order valence-corrected chi connectivity index (χ3v) is 6.35. The predicted molar refractivity (Wildman–Crippen MR) is 141 cm³/mol. The molecule has 2 aromatic rings. The first-order chi connectivity index (χ1) is 16.7. The number of amides is 2. The largest absolute Gasteiger partial charge is 0.490 e. The summed E-state index contributed by atoms with van der Waals surface area (Å²) in [5.41, 5.74) is 1.68. The maximum Gasteiger partial charge on any atom is 0.242 e. The standard InChI is InChI=1S/C27H36Cl2N2O4/c1-6-18(4)30-27(33)19(5)31(17-21-11-12-22(28)16-23(21)29)26(32)14-10-20-9-13-24(34-7-2)25(15-20)35-8-3/h9,11-13,15-16,18-19H,6-8,10,14,17H2,1-5H3,(H,30,33)/t18-,19+/m0/s1. The second-order valence-corrected chi connectivity index (χ2v) is 9.24. The van der Waals surface area contributed by atoms with Crippen molar-refractivity contribution in [1.82, 2.24) is 10.2 Å². The van der Waals surface area contributed by atoms with Gasteiger partial charge in [0, 0.05) is 29.1 Å². The Morgan fingerprint density at radius 1 is 0.971 bits per heavy atom. The van der Waals surface area contributed by atoms with Gasteiger partial charge in [0.25, 0.3) is 0 Å². The zero-order valence-electron chi connectivity index (χ0n) is 21.2. The molecule has 0 aromatic heterocycles. The van der Waals surface area contributed by atoms with Gasteiger partial charge in [-0.05, 0) is 75.9 Å². The number of carbonyl (C=O) groups excluding carboxylic acids is 2. The molecule has 2 amide bonds. The van der Waals surface area contributed by atoms with E-state index in [1.165, 1.54) is 0 Å². The first-order valence-corrected chi connectivity index (χ1v) is 12.9. The van der Waals surface area contributed by atoms with Crippen molar-refractivity contribution in [3.63, 3.8) is 0 Å². The molecule has 0 heterocycles. The lowest BCUT2D eigenvalue weighted by Gasteiger charge is -2.30. The third kappa shape index (κ3) is 8.62. The van der Waals surface area contributed by atoms with E-state index < -0.39 is 6.04 Å². The second-order valence-electron chi connectivity index (χ2n) is 8.40. The van der Waals surface area contributed by atoms with Gasteiger partial charge in [-0.2, -0.15) is 0 Å². The molecule has 2 atom stereocenters. The van der Waals surface area contributed by atoms with Crippen LogP contribution < -0.4 is 14.8 Å². The Morgan fingerprint density at radius 3 is 2.29 bits per heavy atom. The van der Waals surface area contributed by atoms with Crippen LogP contribution in [0.5, 0.6) is 11.5 Å². The van der Waals surface area contributed by atoms with E-state index in [1.54, 1.807) is 30.0 Å². The van der Waals surface area contributed by atoms with E-state index in [4.69, 9.17) is 32.7 Å². The van der Waals surface area contributed by atoms with Crippen LogP contribution in [0.4, 0.5) is 0 Å². The Labute approximate surface area is 218 Å². The normalized spacial score (nSPS) is 12.5. The number of hydrogen-bond donors (Lipinski definition) is 1. The lowest BCUT2D eigenvalue weighted by molar-refractivity contribution is -0.140. The highest BCUT2D eigenvalue weighted by Crippen LogP contribution is 2.29.